The number of nitrogens with one attached hydrogen (secondary N) is 2. The van der Waals surface area contributed by atoms with Gasteiger partial charge in [-0.25, -0.2) is 4.79 Å². The van der Waals surface area contributed by atoms with Crippen LogP contribution in [0.4, 0.5) is 23.7 Å². The number of rotatable bonds is 5. The summed E-state index contributed by atoms with van der Waals surface area (Å²) in [4.78, 5) is 23.4. The Bertz CT molecular complexity index is 542. The Kier molecular flexibility index (Phi) is 6.41. The molecule has 2 N–H and O–H groups in total. The first kappa shape index (κ1) is 18.8. The largest absolute Gasteiger partial charge is 0.436 e. The Morgan fingerprint density at radius 2 is 1.74 bits per heavy atom. The van der Waals surface area contributed by atoms with Crippen molar-refractivity contribution in [3.63, 3.8) is 0 Å². The van der Waals surface area contributed by atoms with E-state index in [1.807, 2.05) is 13.8 Å². The third-order valence-electron chi connectivity index (χ3n) is 2.93. The van der Waals surface area contributed by atoms with Crippen molar-refractivity contribution in [1.82, 2.24) is 5.32 Å². The molecular formula is C15H19F3N2O3. The van der Waals surface area contributed by atoms with Crippen LogP contribution in [0.3, 0.4) is 0 Å². The lowest BCUT2D eigenvalue weighted by atomic mass is 10.1. The van der Waals surface area contributed by atoms with Crippen molar-refractivity contribution in [1.29, 1.82) is 0 Å². The summed E-state index contributed by atoms with van der Waals surface area (Å²) in [6.07, 6.45) is -5.98. The van der Waals surface area contributed by atoms with Crippen molar-refractivity contribution in [2.24, 2.45) is 5.92 Å². The van der Waals surface area contributed by atoms with Gasteiger partial charge in [0.15, 0.2) is 6.10 Å². The third kappa shape index (κ3) is 6.17. The monoisotopic (exact) mass is 332 g/mol. The first-order valence-corrected chi connectivity index (χ1v) is 7.00. The van der Waals surface area contributed by atoms with Crippen molar-refractivity contribution >= 4 is 17.7 Å². The number of carbonyl (C=O) groups excluding carboxylic acids is 2. The summed E-state index contributed by atoms with van der Waals surface area (Å²) in [5.41, 5.74) is -0.678. The van der Waals surface area contributed by atoms with Gasteiger partial charge in [0.05, 0.1) is 5.56 Å². The molecule has 128 valence electrons. The van der Waals surface area contributed by atoms with Gasteiger partial charge < -0.3 is 10.1 Å². The zero-order valence-electron chi connectivity index (χ0n) is 13.0. The van der Waals surface area contributed by atoms with E-state index >= 15 is 0 Å². The second kappa shape index (κ2) is 7.85. The summed E-state index contributed by atoms with van der Waals surface area (Å²) in [6, 6.07) is 3.92. The van der Waals surface area contributed by atoms with Crippen LogP contribution in [0.2, 0.25) is 0 Å². The lowest BCUT2D eigenvalue weighted by Gasteiger charge is -2.18. The summed E-state index contributed by atoms with van der Waals surface area (Å²) in [5, 5.41) is 4.69. The van der Waals surface area contributed by atoms with Gasteiger partial charge in [-0.3, -0.25) is 10.1 Å². The van der Waals surface area contributed by atoms with Crippen LogP contribution in [-0.2, 0) is 15.7 Å². The maximum absolute atomic E-state index is 12.4. The quantitative estimate of drug-likeness (QED) is 0.868. The Labute approximate surface area is 132 Å². The van der Waals surface area contributed by atoms with E-state index in [2.05, 4.69) is 10.6 Å². The lowest BCUT2D eigenvalue weighted by molar-refractivity contribution is -0.137. The number of amides is 2. The predicted octanol–water partition coefficient (Wildman–Crippen LogP) is 3.41. The van der Waals surface area contributed by atoms with E-state index in [-0.39, 0.29) is 11.6 Å². The molecule has 0 bridgehead atoms. The molecule has 0 aliphatic carbocycles. The zero-order chi connectivity index (χ0) is 17.6. The fraction of sp³-hybridized carbons (Fsp3) is 0.467. The highest BCUT2D eigenvalue weighted by Crippen LogP contribution is 2.29. The first-order valence-electron chi connectivity index (χ1n) is 7.00. The lowest BCUT2D eigenvalue weighted by Crippen LogP contribution is -2.37. The minimum atomic E-state index is -4.44. The van der Waals surface area contributed by atoms with E-state index in [1.54, 1.807) is 0 Å². The first-order chi connectivity index (χ1) is 10.6. The molecule has 0 spiro atoms. The van der Waals surface area contributed by atoms with Crippen LogP contribution in [0.5, 0.6) is 0 Å². The van der Waals surface area contributed by atoms with E-state index < -0.39 is 29.8 Å². The molecule has 1 atom stereocenters. The van der Waals surface area contributed by atoms with Gasteiger partial charge in [-0.15, -0.1) is 0 Å². The van der Waals surface area contributed by atoms with Gasteiger partial charge in [-0.1, -0.05) is 13.8 Å². The topological polar surface area (TPSA) is 67.4 Å². The van der Waals surface area contributed by atoms with Gasteiger partial charge in [0, 0.05) is 12.7 Å². The van der Waals surface area contributed by atoms with Gasteiger partial charge >= 0.3 is 12.3 Å². The maximum Gasteiger partial charge on any atom is 0.416 e. The van der Waals surface area contributed by atoms with Gasteiger partial charge in [0.25, 0.3) is 5.91 Å². The van der Waals surface area contributed by atoms with Crippen molar-refractivity contribution in [3.8, 4) is 0 Å². The highest BCUT2D eigenvalue weighted by Gasteiger charge is 2.30. The molecule has 0 unspecified atom stereocenters. The predicted molar refractivity (Wildman–Crippen MR) is 78.9 cm³/mol. The molecule has 2 amide bonds. The highest BCUT2D eigenvalue weighted by atomic mass is 19.4. The summed E-state index contributed by atoms with van der Waals surface area (Å²) in [6.45, 7) is 3.74. The zero-order valence-corrected chi connectivity index (χ0v) is 13.0. The molecule has 0 aliphatic heterocycles. The van der Waals surface area contributed by atoms with Gasteiger partial charge in [0.2, 0.25) is 0 Å². The SMILES string of the molecule is CNC(=O)[C@H](CC(C)C)OC(=O)Nc1ccc(C(F)(F)F)cc1. The molecule has 1 aromatic carbocycles. The fourth-order valence-electron chi connectivity index (χ4n) is 1.82. The average molecular weight is 332 g/mol. The molecule has 23 heavy (non-hydrogen) atoms. The molecule has 0 aromatic heterocycles. The second-order valence-corrected chi connectivity index (χ2v) is 5.34. The van der Waals surface area contributed by atoms with Crippen molar-refractivity contribution in [3.05, 3.63) is 29.8 Å². The van der Waals surface area contributed by atoms with Crippen LogP contribution in [0.1, 0.15) is 25.8 Å². The van der Waals surface area contributed by atoms with E-state index in [0.29, 0.717) is 6.42 Å². The minimum absolute atomic E-state index is 0.121. The number of anilines is 1. The fourth-order valence-corrected chi connectivity index (χ4v) is 1.82. The standard InChI is InChI=1S/C15H19F3N2O3/c1-9(2)8-12(13(21)19-3)23-14(22)20-11-6-4-10(5-7-11)15(16,17)18/h4-7,9,12H,8H2,1-3H3,(H,19,21)(H,20,22)/t12-/m0/s1. The normalized spacial score (nSPS) is 12.7. The average Bonchev–Trinajstić information content (AvgIpc) is 2.44. The molecule has 0 saturated carbocycles. The number of alkyl halides is 3. The van der Waals surface area contributed by atoms with E-state index in [1.165, 1.54) is 7.05 Å². The second-order valence-electron chi connectivity index (χ2n) is 5.34. The van der Waals surface area contributed by atoms with Gasteiger partial charge in [-0.2, -0.15) is 13.2 Å². The Morgan fingerprint density at radius 3 is 2.17 bits per heavy atom. The van der Waals surface area contributed by atoms with Crippen molar-refractivity contribution < 1.29 is 27.5 Å². The third-order valence-corrected chi connectivity index (χ3v) is 2.93. The van der Waals surface area contributed by atoms with Crippen LogP contribution < -0.4 is 10.6 Å². The summed E-state index contributed by atoms with van der Waals surface area (Å²) >= 11 is 0. The number of ether oxygens (including phenoxy) is 1. The molecule has 5 nitrogen and oxygen atoms in total. The van der Waals surface area contributed by atoms with E-state index in [9.17, 15) is 22.8 Å². The summed E-state index contributed by atoms with van der Waals surface area (Å²) in [7, 11) is 1.42. The smallest absolute Gasteiger partial charge is 0.416 e. The number of halogens is 3. The molecular weight excluding hydrogens is 313 g/mol. The van der Waals surface area contributed by atoms with Crippen molar-refractivity contribution in [2.45, 2.75) is 32.5 Å². The van der Waals surface area contributed by atoms with Crippen LogP contribution in [0, 0.1) is 5.92 Å². The number of hydrogen-bond donors (Lipinski definition) is 2. The molecule has 0 saturated heterocycles. The van der Waals surface area contributed by atoms with Crippen LogP contribution in [0.25, 0.3) is 0 Å². The number of hydrogen-bond acceptors (Lipinski definition) is 3. The molecule has 0 aliphatic rings. The molecule has 0 heterocycles. The Hall–Kier alpha value is -2.25. The molecule has 8 heteroatoms. The maximum atomic E-state index is 12.4. The summed E-state index contributed by atoms with van der Waals surface area (Å²) < 4.78 is 42.4. The Morgan fingerprint density at radius 1 is 1.17 bits per heavy atom. The van der Waals surface area contributed by atoms with Gasteiger partial charge in [-0.05, 0) is 36.6 Å². The molecule has 0 radical (unpaired) electrons. The molecule has 0 fully saturated rings. The van der Waals surface area contributed by atoms with Crippen LogP contribution >= 0.6 is 0 Å². The van der Waals surface area contributed by atoms with Crippen LogP contribution in [0.15, 0.2) is 24.3 Å². The van der Waals surface area contributed by atoms with Crippen molar-refractivity contribution in [2.75, 3.05) is 12.4 Å². The molecule has 1 aromatic rings. The van der Waals surface area contributed by atoms with E-state index in [4.69, 9.17) is 4.74 Å². The highest BCUT2D eigenvalue weighted by molar-refractivity contribution is 5.88. The number of likely N-dealkylation sites (N-methyl/N-ethyl adjacent to an activating group) is 1. The Balaban J connectivity index is 2.69. The van der Waals surface area contributed by atoms with Crippen LogP contribution in [-0.4, -0.2) is 25.2 Å². The number of carbonyl (C=O) groups is 2. The summed E-state index contributed by atoms with van der Waals surface area (Å²) in [5.74, 6) is -0.322. The minimum Gasteiger partial charge on any atom is -0.436 e. The van der Waals surface area contributed by atoms with E-state index in [0.717, 1.165) is 24.3 Å². The van der Waals surface area contributed by atoms with Gasteiger partial charge in [0.1, 0.15) is 0 Å². The molecule has 1 rings (SSSR count). The number of benzene rings is 1.